The predicted octanol–water partition coefficient (Wildman–Crippen LogP) is 4.18. The number of carbonyl (C=O) groups is 2. The van der Waals surface area contributed by atoms with E-state index in [0.29, 0.717) is 6.54 Å². The van der Waals surface area contributed by atoms with Crippen LogP contribution < -0.4 is 5.32 Å². The molecule has 28 heavy (non-hydrogen) atoms. The first-order valence-electron chi connectivity index (χ1n) is 9.79. The molecule has 4 nitrogen and oxygen atoms in total. The average molecular weight is 381 g/mol. The van der Waals surface area contributed by atoms with E-state index in [-0.39, 0.29) is 23.8 Å². The number of nitrogens with zero attached hydrogens (tertiary/aromatic N) is 1. The quantitative estimate of drug-likeness (QED) is 0.817. The van der Waals surface area contributed by atoms with Crippen LogP contribution in [0.4, 0.5) is 0 Å². The van der Waals surface area contributed by atoms with Crippen molar-refractivity contribution in [1.29, 1.82) is 0 Å². The van der Waals surface area contributed by atoms with E-state index in [1.165, 1.54) is 0 Å². The van der Waals surface area contributed by atoms with Crippen LogP contribution in [0.1, 0.15) is 49.9 Å². The van der Waals surface area contributed by atoms with Gasteiger partial charge in [-0.2, -0.15) is 0 Å². The third kappa shape index (κ3) is 5.95. The number of nitrogens with one attached hydrogen (secondary N) is 1. The summed E-state index contributed by atoms with van der Waals surface area (Å²) in [6.07, 6.45) is 0.283. The molecule has 1 atom stereocenters. The Morgan fingerprint density at radius 2 is 1.43 bits per heavy atom. The lowest BCUT2D eigenvalue weighted by Crippen LogP contribution is -2.52. The van der Waals surface area contributed by atoms with Crippen molar-refractivity contribution in [3.63, 3.8) is 0 Å². The van der Waals surface area contributed by atoms with Gasteiger partial charge in [0.2, 0.25) is 11.8 Å². The zero-order chi connectivity index (χ0) is 20.9. The second-order valence-electron chi connectivity index (χ2n) is 8.47. The molecule has 0 heterocycles. The molecular weight excluding hydrogens is 348 g/mol. The zero-order valence-corrected chi connectivity index (χ0v) is 17.9. The van der Waals surface area contributed by atoms with E-state index in [0.717, 1.165) is 22.3 Å². The topological polar surface area (TPSA) is 49.4 Å². The van der Waals surface area contributed by atoms with Gasteiger partial charge in [-0.1, -0.05) is 48.5 Å². The first-order chi connectivity index (χ1) is 13.1. The Bertz CT molecular complexity index is 836. The summed E-state index contributed by atoms with van der Waals surface area (Å²) in [5.74, 6) is -0.187. The Morgan fingerprint density at radius 1 is 0.929 bits per heavy atom. The third-order valence-corrected chi connectivity index (χ3v) is 4.87. The van der Waals surface area contributed by atoms with Gasteiger partial charge >= 0.3 is 0 Å². The molecular formula is C24H32N2O2. The van der Waals surface area contributed by atoms with Gasteiger partial charge in [0.15, 0.2) is 0 Å². The molecule has 0 saturated heterocycles. The lowest BCUT2D eigenvalue weighted by atomic mass is 10.0. The summed E-state index contributed by atoms with van der Waals surface area (Å²) in [6, 6.07) is 15.3. The zero-order valence-electron chi connectivity index (χ0n) is 17.9. The summed E-state index contributed by atoms with van der Waals surface area (Å²) < 4.78 is 0. The van der Waals surface area contributed by atoms with Crippen LogP contribution in [-0.4, -0.2) is 28.3 Å². The second-order valence-corrected chi connectivity index (χ2v) is 8.47. The molecule has 0 saturated carbocycles. The van der Waals surface area contributed by atoms with E-state index in [2.05, 4.69) is 5.32 Å². The maximum atomic E-state index is 13.2. The van der Waals surface area contributed by atoms with Crippen molar-refractivity contribution in [2.24, 2.45) is 0 Å². The standard InChI is InChI=1S/C24H32N2O2/c1-17-11-7-9-13-20(17)15-22(27)26(16-21-14-10-8-12-18(21)2)19(3)23(28)25-24(4,5)6/h7-14,19H,15-16H2,1-6H3,(H,25,28)/t19-/m0/s1. The van der Waals surface area contributed by atoms with Crippen LogP contribution in [0, 0.1) is 13.8 Å². The minimum Gasteiger partial charge on any atom is -0.350 e. The summed E-state index contributed by atoms with van der Waals surface area (Å²) in [7, 11) is 0. The van der Waals surface area contributed by atoms with Gasteiger partial charge in [0.1, 0.15) is 6.04 Å². The van der Waals surface area contributed by atoms with Crippen LogP contribution in [0.3, 0.4) is 0 Å². The fourth-order valence-electron chi connectivity index (χ4n) is 3.10. The van der Waals surface area contributed by atoms with Gasteiger partial charge in [0.05, 0.1) is 6.42 Å². The largest absolute Gasteiger partial charge is 0.350 e. The highest BCUT2D eigenvalue weighted by atomic mass is 16.2. The Kier molecular flexibility index (Phi) is 7.00. The molecule has 4 heteroatoms. The van der Waals surface area contributed by atoms with Gasteiger partial charge < -0.3 is 10.2 Å². The second kappa shape index (κ2) is 9.05. The molecule has 0 radical (unpaired) electrons. The number of amides is 2. The highest BCUT2D eigenvalue weighted by Crippen LogP contribution is 2.17. The number of hydrogen-bond acceptors (Lipinski definition) is 2. The molecule has 2 aromatic rings. The van der Waals surface area contributed by atoms with Crippen molar-refractivity contribution in [1.82, 2.24) is 10.2 Å². The van der Waals surface area contributed by atoms with Gasteiger partial charge in [-0.25, -0.2) is 0 Å². The predicted molar refractivity (Wildman–Crippen MR) is 114 cm³/mol. The van der Waals surface area contributed by atoms with Crippen molar-refractivity contribution >= 4 is 11.8 Å². The Labute approximate surface area is 169 Å². The highest BCUT2D eigenvalue weighted by Gasteiger charge is 2.28. The molecule has 2 amide bonds. The number of benzene rings is 2. The number of rotatable bonds is 6. The molecule has 0 bridgehead atoms. The van der Waals surface area contributed by atoms with E-state index >= 15 is 0 Å². The van der Waals surface area contributed by atoms with Crippen molar-refractivity contribution in [3.05, 3.63) is 70.8 Å². The third-order valence-electron chi connectivity index (χ3n) is 4.87. The van der Waals surface area contributed by atoms with Crippen molar-refractivity contribution in [2.45, 2.75) is 66.1 Å². The summed E-state index contributed by atoms with van der Waals surface area (Å²) in [6.45, 7) is 12.1. The smallest absolute Gasteiger partial charge is 0.242 e. The molecule has 0 spiro atoms. The van der Waals surface area contributed by atoms with Crippen molar-refractivity contribution < 1.29 is 9.59 Å². The van der Waals surface area contributed by atoms with E-state index in [4.69, 9.17) is 0 Å². The lowest BCUT2D eigenvalue weighted by molar-refractivity contribution is -0.140. The van der Waals surface area contributed by atoms with Gasteiger partial charge in [-0.05, 0) is 63.8 Å². The molecule has 0 aliphatic rings. The van der Waals surface area contributed by atoms with Crippen LogP contribution in [0.15, 0.2) is 48.5 Å². The molecule has 0 aliphatic carbocycles. The van der Waals surface area contributed by atoms with E-state index < -0.39 is 6.04 Å². The number of hydrogen-bond donors (Lipinski definition) is 1. The Hall–Kier alpha value is -2.62. The first-order valence-corrected chi connectivity index (χ1v) is 9.79. The highest BCUT2D eigenvalue weighted by molar-refractivity contribution is 5.88. The minimum atomic E-state index is -0.560. The normalized spacial score (nSPS) is 12.4. The molecule has 0 aromatic heterocycles. The Balaban J connectivity index is 2.29. The van der Waals surface area contributed by atoms with Crippen molar-refractivity contribution in [3.8, 4) is 0 Å². The number of carbonyl (C=O) groups excluding carboxylic acids is 2. The fourth-order valence-corrected chi connectivity index (χ4v) is 3.10. The molecule has 2 aromatic carbocycles. The first kappa shape index (κ1) is 21.7. The van der Waals surface area contributed by atoms with E-state index in [9.17, 15) is 9.59 Å². The van der Waals surface area contributed by atoms with Gasteiger partial charge in [0, 0.05) is 12.1 Å². The monoisotopic (exact) mass is 380 g/mol. The lowest BCUT2D eigenvalue weighted by Gasteiger charge is -2.32. The van der Waals surface area contributed by atoms with E-state index in [1.807, 2.05) is 83.1 Å². The van der Waals surface area contributed by atoms with Gasteiger partial charge in [-0.15, -0.1) is 0 Å². The van der Waals surface area contributed by atoms with E-state index in [1.54, 1.807) is 11.8 Å². The molecule has 2 rings (SSSR count). The Morgan fingerprint density at radius 3 is 1.93 bits per heavy atom. The summed E-state index contributed by atoms with van der Waals surface area (Å²) in [4.78, 5) is 27.7. The van der Waals surface area contributed by atoms with Crippen molar-refractivity contribution in [2.75, 3.05) is 0 Å². The molecule has 0 unspecified atom stereocenters. The fraction of sp³-hybridized carbons (Fsp3) is 0.417. The number of aryl methyl sites for hydroxylation is 2. The summed E-state index contributed by atoms with van der Waals surface area (Å²) >= 11 is 0. The maximum Gasteiger partial charge on any atom is 0.242 e. The SMILES string of the molecule is Cc1ccccc1CC(=O)N(Cc1ccccc1C)[C@@H](C)C(=O)NC(C)(C)C. The van der Waals surface area contributed by atoms with Crippen LogP contribution >= 0.6 is 0 Å². The van der Waals surface area contributed by atoms with Crippen LogP contribution in [0.25, 0.3) is 0 Å². The molecule has 150 valence electrons. The van der Waals surface area contributed by atoms with Crippen LogP contribution in [-0.2, 0) is 22.6 Å². The molecule has 0 fully saturated rings. The van der Waals surface area contributed by atoms with Crippen LogP contribution in [0.2, 0.25) is 0 Å². The maximum absolute atomic E-state index is 13.2. The van der Waals surface area contributed by atoms with Gasteiger partial charge in [-0.3, -0.25) is 9.59 Å². The van der Waals surface area contributed by atoms with Crippen LogP contribution in [0.5, 0.6) is 0 Å². The molecule has 0 aliphatic heterocycles. The minimum absolute atomic E-state index is 0.0471. The molecule has 1 N–H and O–H groups in total. The summed E-state index contributed by atoms with van der Waals surface area (Å²) in [5.41, 5.74) is 3.89. The average Bonchev–Trinajstić information content (AvgIpc) is 2.61. The summed E-state index contributed by atoms with van der Waals surface area (Å²) in [5, 5.41) is 3.00. The van der Waals surface area contributed by atoms with Gasteiger partial charge in [0.25, 0.3) is 0 Å².